The predicted molar refractivity (Wildman–Crippen MR) is 104 cm³/mol. The van der Waals surface area contributed by atoms with Crippen molar-refractivity contribution < 1.29 is 4.79 Å². The monoisotopic (exact) mass is 347 g/mol. The van der Waals surface area contributed by atoms with Crippen LogP contribution in [0, 0.1) is 26.7 Å². The average Bonchev–Trinajstić information content (AvgIpc) is 3.40. The average molecular weight is 347 g/mol. The molecule has 4 nitrogen and oxygen atoms in total. The van der Waals surface area contributed by atoms with Crippen molar-refractivity contribution in [1.29, 1.82) is 0 Å². The first-order valence-electron chi connectivity index (χ1n) is 9.25. The summed E-state index contributed by atoms with van der Waals surface area (Å²) in [5.74, 6) is 0.547. The molecule has 2 aromatic heterocycles. The van der Waals surface area contributed by atoms with Gasteiger partial charge in [-0.05, 0) is 68.9 Å². The van der Waals surface area contributed by atoms with E-state index < -0.39 is 0 Å². The van der Waals surface area contributed by atoms with Crippen LogP contribution < -0.4 is 0 Å². The molecular weight excluding hydrogens is 322 g/mol. The molecule has 3 aromatic rings. The van der Waals surface area contributed by atoms with Crippen molar-refractivity contribution in [3.8, 4) is 0 Å². The number of nitrogens with zero attached hydrogens (tertiary/aromatic N) is 2. The molecule has 1 aliphatic rings. The molecule has 4 heteroatoms. The first-order chi connectivity index (χ1) is 12.5. The van der Waals surface area contributed by atoms with Gasteiger partial charge in [0.05, 0.1) is 11.7 Å². The number of H-pyrrole nitrogens is 1. The molecule has 1 saturated carbocycles. The second kappa shape index (κ2) is 6.27. The van der Waals surface area contributed by atoms with Gasteiger partial charge in [0.2, 0.25) is 0 Å². The number of aromatic amines is 1. The Kier molecular flexibility index (Phi) is 4.06. The fraction of sp³-hybridized carbons (Fsp3) is 0.364. The molecule has 1 aliphatic carbocycles. The van der Waals surface area contributed by atoms with E-state index in [1.54, 1.807) is 0 Å². The van der Waals surface area contributed by atoms with Gasteiger partial charge in [0, 0.05) is 24.1 Å². The Labute approximate surface area is 154 Å². The van der Waals surface area contributed by atoms with Gasteiger partial charge >= 0.3 is 0 Å². The quantitative estimate of drug-likeness (QED) is 0.743. The zero-order valence-electron chi connectivity index (χ0n) is 15.8. The molecule has 0 saturated heterocycles. The molecule has 1 amide bonds. The van der Waals surface area contributed by atoms with E-state index in [4.69, 9.17) is 0 Å². The van der Waals surface area contributed by atoms with Gasteiger partial charge in [-0.25, -0.2) is 0 Å². The number of rotatable bonds is 4. The van der Waals surface area contributed by atoms with Crippen molar-refractivity contribution in [2.75, 3.05) is 7.05 Å². The summed E-state index contributed by atoms with van der Waals surface area (Å²) in [7, 11) is 1.91. The molecule has 2 heterocycles. The molecule has 1 aromatic carbocycles. The Bertz CT molecular complexity index is 970. The summed E-state index contributed by atoms with van der Waals surface area (Å²) < 4.78 is 0. The summed E-state index contributed by atoms with van der Waals surface area (Å²) in [5.41, 5.74) is 6.15. The normalized spacial score (nSPS) is 15.2. The fourth-order valence-corrected chi connectivity index (χ4v) is 4.02. The van der Waals surface area contributed by atoms with Crippen LogP contribution in [0.3, 0.4) is 0 Å². The fourth-order valence-electron chi connectivity index (χ4n) is 4.02. The molecule has 26 heavy (non-hydrogen) atoms. The summed E-state index contributed by atoms with van der Waals surface area (Å²) in [6.45, 7) is 6.21. The predicted octanol–water partition coefficient (Wildman–Crippen LogP) is 4.71. The molecule has 4 rings (SSSR count). The molecule has 1 fully saturated rings. The van der Waals surface area contributed by atoms with E-state index in [1.165, 1.54) is 11.1 Å². The number of amides is 1. The standard InChI is InChI=1S/C22H25N3O/c1-13-11-14(2)19-17(12-13)15(3)20(24-19)22(26)25(4)21(16-8-9-16)18-7-5-6-10-23-18/h5-7,10-12,16,21,24H,8-9H2,1-4H3. The molecule has 0 spiro atoms. The van der Waals surface area contributed by atoms with Crippen molar-refractivity contribution >= 4 is 16.8 Å². The number of aromatic nitrogens is 2. The van der Waals surface area contributed by atoms with Gasteiger partial charge < -0.3 is 9.88 Å². The third-order valence-corrected chi connectivity index (χ3v) is 5.52. The first kappa shape index (κ1) is 16.8. The number of carbonyl (C=O) groups is 1. The summed E-state index contributed by atoms with van der Waals surface area (Å²) in [6.07, 6.45) is 4.12. The van der Waals surface area contributed by atoms with E-state index >= 15 is 0 Å². The number of pyridine rings is 1. The highest BCUT2D eigenvalue weighted by Crippen LogP contribution is 2.44. The van der Waals surface area contributed by atoms with Gasteiger partial charge in [-0.1, -0.05) is 17.7 Å². The summed E-state index contributed by atoms with van der Waals surface area (Å²) in [6, 6.07) is 10.3. The lowest BCUT2D eigenvalue weighted by atomic mass is 10.0. The van der Waals surface area contributed by atoms with Crippen molar-refractivity contribution in [3.63, 3.8) is 0 Å². The van der Waals surface area contributed by atoms with Crippen LogP contribution >= 0.6 is 0 Å². The van der Waals surface area contributed by atoms with Crippen LogP contribution in [-0.2, 0) is 0 Å². The van der Waals surface area contributed by atoms with E-state index in [-0.39, 0.29) is 11.9 Å². The number of fused-ring (bicyclic) bond motifs is 1. The molecule has 1 unspecified atom stereocenters. The van der Waals surface area contributed by atoms with Crippen LogP contribution in [0.15, 0.2) is 36.5 Å². The third kappa shape index (κ3) is 2.79. The Balaban J connectivity index is 1.74. The third-order valence-electron chi connectivity index (χ3n) is 5.52. The molecule has 1 atom stereocenters. The number of benzene rings is 1. The molecule has 0 bridgehead atoms. The molecule has 0 aliphatic heterocycles. The van der Waals surface area contributed by atoms with Gasteiger partial charge in [0.1, 0.15) is 5.69 Å². The lowest BCUT2D eigenvalue weighted by Gasteiger charge is -2.28. The first-order valence-corrected chi connectivity index (χ1v) is 9.25. The second-order valence-electron chi connectivity index (χ2n) is 7.58. The highest BCUT2D eigenvalue weighted by atomic mass is 16.2. The lowest BCUT2D eigenvalue weighted by molar-refractivity contribution is 0.0701. The minimum atomic E-state index is 0.0392. The van der Waals surface area contributed by atoms with Crippen LogP contribution in [0.1, 0.15) is 51.8 Å². The number of hydrogen-bond donors (Lipinski definition) is 1. The zero-order valence-corrected chi connectivity index (χ0v) is 15.8. The minimum Gasteiger partial charge on any atom is -0.350 e. The van der Waals surface area contributed by atoms with E-state index in [0.717, 1.165) is 35.0 Å². The number of hydrogen-bond acceptors (Lipinski definition) is 2. The van der Waals surface area contributed by atoms with Crippen molar-refractivity contribution in [1.82, 2.24) is 14.9 Å². The van der Waals surface area contributed by atoms with E-state index in [0.29, 0.717) is 11.6 Å². The molecule has 0 radical (unpaired) electrons. The lowest BCUT2D eigenvalue weighted by Crippen LogP contribution is -2.33. The maximum Gasteiger partial charge on any atom is 0.270 e. The maximum atomic E-state index is 13.3. The van der Waals surface area contributed by atoms with Crippen LogP contribution in [0.25, 0.3) is 10.9 Å². The highest BCUT2D eigenvalue weighted by molar-refractivity contribution is 6.01. The number of nitrogens with one attached hydrogen (secondary N) is 1. The number of carbonyl (C=O) groups excluding carboxylic acids is 1. The van der Waals surface area contributed by atoms with Crippen LogP contribution in [-0.4, -0.2) is 27.8 Å². The van der Waals surface area contributed by atoms with Crippen LogP contribution in [0.2, 0.25) is 0 Å². The van der Waals surface area contributed by atoms with Crippen LogP contribution in [0.5, 0.6) is 0 Å². The van der Waals surface area contributed by atoms with Crippen molar-refractivity contribution in [3.05, 3.63) is 64.6 Å². The molecule has 134 valence electrons. The van der Waals surface area contributed by atoms with Crippen molar-refractivity contribution in [2.24, 2.45) is 5.92 Å². The SMILES string of the molecule is Cc1cc(C)c2[nH]c(C(=O)N(C)C(c3ccccn3)C3CC3)c(C)c2c1. The maximum absolute atomic E-state index is 13.3. The largest absolute Gasteiger partial charge is 0.350 e. The Morgan fingerprint density at radius 1 is 1.23 bits per heavy atom. The van der Waals surface area contributed by atoms with E-state index in [2.05, 4.69) is 35.9 Å². The molecule has 1 N–H and O–H groups in total. The zero-order chi connectivity index (χ0) is 18.4. The Morgan fingerprint density at radius 2 is 2.00 bits per heavy atom. The summed E-state index contributed by atoms with van der Waals surface area (Å²) in [4.78, 5) is 23.1. The topological polar surface area (TPSA) is 49.0 Å². The minimum absolute atomic E-state index is 0.0392. The van der Waals surface area contributed by atoms with Gasteiger partial charge in [-0.15, -0.1) is 0 Å². The smallest absolute Gasteiger partial charge is 0.270 e. The van der Waals surface area contributed by atoms with Gasteiger partial charge in [-0.3, -0.25) is 9.78 Å². The van der Waals surface area contributed by atoms with Gasteiger partial charge in [0.25, 0.3) is 5.91 Å². The molecular formula is C22H25N3O. The van der Waals surface area contributed by atoms with Crippen molar-refractivity contribution in [2.45, 2.75) is 39.7 Å². The van der Waals surface area contributed by atoms with E-state index in [9.17, 15) is 4.79 Å². The van der Waals surface area contributed by atoms with E-state index in [1.807, 2.05) is 43.3 Å². The van der Waals surface area contributed by atoms with Crippen LogP contribution in [0.4, 0.5) is 0 Å². The second-order valence-corrected chi connectivity index (χ2v) is 7.58. The Morgan fingerprint density at radius 3 is 2.65 bits per heavy atom. The Hall–Kier alpha value is -2.62. The summed E-state index contributed by atoms with van der Waals surface area (Å²) >= 11 is 0. The highest BCUT2D eigenvalue weighted by Gasteiger charge is 2.38. The van der Waals surface area contributed by atoms with Gasteiger partial charge in [0.15, 0.2) is 0 Å². The summed E-state index contributed by atoms with van der Waals surface area (Å²) in [5, 5.41) is 1.14. The van der Waals surface area contributed by atoms with Gasteiger partial charge in [-0.2, -0.15) is 0 Å². The number of aryl methyl sites for hydroxylation is 3.